The molecular weight excluding hydrogens is 146 g/mol. The highest BCUT2D eigenvalue weighted by Gasteiger charge is 1.97. The molecule has 0 aromatic carbocycles. The number of fused-ring (bicyclic) bond motifs is 1. The van der Waals surface area contributed by atoms with E-state index in [1.807, 2.05) is 17.6 Å². The number of hydrogen-bond acceptors (Lipinski definition) is 4. The van der Waals surface area contributed by atoms with Crippen molar-refractivity contribution in [2.45, 2.75) is 0 Å². The lowest BCUT2D eigenvalue weighted by atomic mass is 10.5. The second-order valence-electron chi connectivity index (χ2n) is 2.11. The van der Waals surface area contributed by atoms with E-state index >= 15 is 0 Å². The van der Waals surface area contributed by atoms with Crippen LogP contribution in [0.5, 0.6) is 0 Å². The molecular formula is C6H7N3S. The summed E-state index contributed by atoms with van der Waals surface area (Å²) in [6.45, 7) is 0.573. The van der Waals surface area contributed by atoms with E-state index in [0.717, 1.165) is 9.89 Å². The molecule has 3 nitrogen and oxygen atoms in total. The lowest BCUT2D eigenvalue weighted by molar-refractivity contribution is 0.435. The van der Waals surface area contributed by atoms with Gasteiger partial charge in [-0.25, -0.2) is 5.84 Å². The van der Waals surface area contributed by atoms with Gasteiger partial charge in [0, 0.05) is 6.20 Å². The molecule has 4 heteroatoms. The molecule has 0 atom stereocenters. The Labute approximate surface area is 62.1 Å². The van der Waals surface area contributed by atoms with Gasteiger partial charge in [-0.15, -0.1) is 11.3 Å². The predicted molar refractivity (Wildman–Crippen MR) is 40.5 cm³/mol. The average molecular weight is 153 g/mol. The Bertz CT molecular complexity index is 340. The molecule has 1 aliphatic heterocycles. The first-order chi connectivity index (χ1) is 4.86. The summed E-state index contributed by atoms with van der Waals surface area (Å²) in [6.07, 6.45) is 1.91. The molecule has 0 saturated carbocycles. The molecule has 0 amide bonds. The Morgan fingerprint density at radius 1 is 1.70 bits per heavy atom. The minimum absolute atomic E-state index is 0.573. The summed E-state index contributed by atoms with van der Waals surface area (Å²) in [7, 11) is 0. The van der Waals surface area contributed by atoms with Crippen LogP contribution in [0.15, 0.2) is 16.4 Å². The molecule has 2 N–H and O–H groups in total. The van der Waals surface area contributed by atoms with Crippen molar-refractivity contribution >= 4 is 17.5 Å². The van der Waals surface area contributed by atoms with Crippen molar-refractivity contribution in [3.63, 3.8) is 0 Å². The van der Waals surface area contributed by atoms with Crippen LogP contribution in [0.1, 0.15) is 0 Å². The third-order valence-corrected chi connectivity index (χ3v) is 2.20. The fourth-order valence-electron chi connectivity index (χ4n) is 0.891. The lowest BCUT2D eigenvalue weighted by Gasteiger charge is -2.10. The van der Waals surface area contributed by atoms with Gasteiger partial charge >= 0.3 is 0 Å². The zero-order chi connectivity index (χ0) is 6.97. The average Bonchev–Trinajstić information content (AvgIpc) is 2.33. The van der Waals surface area contributed by atoms with E-state index in [9.17, 15) is 0 Å². The Balaban J connectivity index is 2.73. The van der Waals surface area contributed by atoms with E-state index in [0.29, 0.717) is 6.67 Å². The summed E-state index contributed by atoms with van der Waals surface area (Å²) in [5.74, 6) is 5.50. The molecule has 1 aromatic rings. The zero-order valence-electron chi connectivity index (χ0n) is 5.32. The van der Waals surface area contributed by atoms with Gasteiger partial charge in [0.15, 0.2) is 0 Å². The lowest BCUT2D eigenvalue weighted by Crippen LogP contribution is -2.36. The standard InChI is InChI=1S/C6H7N3S/c7-9-3-6-5(8-4-9)1-2-10-6/h1-3H,4,7H2. The van der Waals surface area contributed by atoms with Crippen LogP contribution in [0.25, 0.3) is 6.20 Å². The number of nitrogens with two attached hydrogens (primary N) is 1. The number of nitrogens with zero attached hydrogens (tertiary/aromatic N) is 2. The number of hydrazine groups is 1. The van der Waals surface area contributed by atoms with Crippen LogP contribution in [0, 0.1) is 0 Å². The minimum atomic E-state index is 0.573. The maximum Gasteiger partial charge on any atom is 0.124 e. The van der Waals surface area contributed by atoms with Crippen LogP contribution in [-0.4, -0.2) is 11.7 Å². The third-order valence-electron chi connectivity index (χ3n) is 1.36. The maximum absolute atomic E-state index is 5.50. The van der Waals surface area contributed by atoms with E-state index in [2.05, 4.69) is 4.99 Å². The molecule has 0 aliphatic carbocycles. The summed E-state index contributed by atoms with van der Waals surface area (Å²) in [4.78, 5) is 4.21. The number of thiophene rings is 1. The van der Waals surface area contributed by atoms with Gasteiger partial charge in [0.2, 0.25) is 0 Å². The summed E-state index contributed by atoms with van der Waals surface area (Å²) in [5, 5.41) is 4.66. The summed E-state index contributed by atoms with van der Waals surface area (Å²) in [6, 6.07) is 2.00. The van der Waals surface area contributed by atoms with Gasteiger partial charge in [-0.3, -0.25) is 10.0 Å². The maximum atomic E-state index is 5.50. The van der Waals surface area contributed by atoms with Crippen molar-refractivity contribution < 1.29 is 0 Å². The first-order valence-corrected chi connectivity index (χ1v) is 3.85. The smallest absolute Gasteiger partial charge is 0.124 e. The molecule has 0 radical (unpaired) electrons. The normalized spacial score (nSPS) is 15.5. The minimum Gasteiger partial charge on any atom is -0.295 e. The summed E-state index contributed by atoms with van der Waals surface area (Å²) in [5.41, 5.74) is 0. The van der Waals surface area contributed by atoms with Crippen molar-refractivity contribution in [3.05, 3.63) is 21.3 Å². The fourth-order valence-corrected chi connectivity index (χ4v) is 1.68. The molecule has 1 aromatic heterocycles. The second kappa shape index (κ2) is 2.07. The largest absolute Gasteiger partial charge is 0.295 e. The van der Waals surface area contributed by atoms with Gasteiger partial charge in [0.1, 0.15) is 6.67 Å². The van der Waals surface area contributed by atoms with Gasteiger partial charge in [-0.2, -0.15) is 0 Å². The van der Waals surface area contributed by atoms with E-state index in [1.54, 1.807) is 16.3 Å². The molecule has 1 aliphatic rings. The third kappa shape index (κ3) is 0.815. The number of hydrogen-bond donors (Lipinski definition) is 1. The quantitative estimate of drug-likeness (QED) is 0.498. The van der Waals surface area contributed by atoms with Gasteiger partial charge < -0.3 is 0 Å². The molecule has 2 heterocycles. The van der Waals surface area contributed by atoms with Gasteiger partial charge in [0.25, 0.3) is 0 Å². The number of rotatable bonds is 0. The monoisotopic (exact) mass is 153 g/mol. The van der Waals surface area contributed by atoms with E-state index in [1.165, 1.54) is 0 Å². The highest BCUT2D eigenvalue weighted by atomic mass is 32.1. The second-order valence-corrected chi connectivity index (χ2v) is 3.06. The van der Waals surface area contributed by atoms with E-state index in [4.69, 9.17) is 5.84 Å². The van der Waals surface area contributed by atoms with E-state index in [-0.39, 0.29) is 0 Å². The van der Waals surface area contributed by atoms with Gasteiger partial charge in [-0.1, -0.05) is 0 Å². The zero-order valence-corrected chi connectivity index (χ0v) is 6.14. The van der Waals surface area contributed by atoms with Crippen molar-refractivity contribution in [2.24, 2.45) is 10.8 Å². The molecule has 0 spiro atoms. The van der Waals surface area contributed by atoms with Crippen LogP contribution in [0.4, 0.5) is 0 Å². The Hall–Kier alpha value is -0.870. The Morgan fingerprint density at radius 2 is 2.60 bits per heavy atom. The molecule has 0 unspecified atom stereocenters. The Morgan fingerprint density at radius 3 is 3.50 bits per heavy atom. The highest BCUT2D eigenvalue weighted by molar-refractivity contribution is 7.07. The van der Waals surface area contributed by atoms with Crippen molar-refractivity contribution in [2.75, 3.05) is 6.67 Å². The predicted octanol–water partition coefficient (Wildman–Crippen LogP) is -0.748. The Kier molecular flexibility index (Phi) is 1.22. The molecule has 52 valence electrons. The van der Waals surface area contributed by atoms with Crippen molar-refractivity contribution in [3.8, 4) is 0 Å². The van der Waals surface area contributed by atoms with Gasteiger partial charge in [-0.05, 0) is 11.4 Å². The molecule has 0 saturated heterocycles. The van der Waals surface area contributed by atoms with E-state index < -0.39 is 0 Å². The topological polar surface area (TPSA) is 41.6 Å². The molecule has 0 fully saturated rings. The summed E-state index contributed by atoms with van der Waals surface area (Å²) < 4.78 is 1.15. The van der Waals surface area contributed by atoms with Crippen LogP contribution in [0.2, 0.25) is 0 Å². The van der Waals surface area contributed by atoms with Crippen molar-refractivity contribution in [1.82, 2.24) is 5.01 Å². The molecule has 0 bridgehead atoms. The summed E-state index contributed by atoms with van der Waals surface area (Å²) >= 11 is 1.66. The van der Waals surface area contributed by atoms with Crippen LogP contribution in [0.3, 0.4) is 0 Å². The SMILES string of the molecule is NN1C=c2sccc2=NC1. The first kappa shape index (κ1) is 5.88. The highest BCUT2D eigenvalue weighted by Crippen LogP contribution is 1.88. The van der Waals surface area contributed by atoms with Crippen LogP contribution in [-0.2, 0) is 0 Å². The van der Waals surface area contributed by atoms with Crippen LogP contribution >= 0.6 is 11.3 Å². The first-order valence-electron chi connectivity index (χ1n) is 2.97. The molecule has 10 heavy (non-hydrogen) atoms. The fraction of sp³-hybridized carbons (Fsp3) is 0.167. The van der Waals surface area contributed by atoms with Gasteiger partial charge in [0.05, 0.1) is 9.89 Å². The van der Waals surface area contributed by atoms with Crippen molar-refractivity contribution in [1.29, 1.82) is 0 Å². The van der Waals surface area contributed by atoms with Crippen LogP contribution < -0.4 is 15.7 Å². The molecule has 2 rings (SSSR count).